The van der Waals surface area contributed by atoms with Crippen LogP contribution in [0.1, 0.15) is 17.0 Å². The Morgan fingerprint density at radius 3 is 2.88 bits per heavy atom. The number of nitrogens with zero attached hydrogens (tertiary/aromatic N) is 2. The van der Waals surface area contributed by atoms with E-state index >= 15 is 0 Å². The molecular weight excluding hydrogens is 274 g/mol. The number of thioether (sulfide) groups is 1. The second-order valence-electron chi connectivity index (χ2n) is 3.53. The number of halogens is 1. The SMILES string of the molecule is Cc1nsc(SCc2ccc(CN)cc2Cl)n1. The smallest absolute Gasteiger partial charge is 0.170 e. The van der Waals surface area contributed by atoms with E-state index in [1.165, 1.54) is 11.5 Å². The number of hydrogen-bond donors (Lipinski definition) is 1. The summed E-state index contributed by atoms with van der Waals surface area (Å²) < 4.78 is 5.11. The molecule has 3 nitrogen and oxygen atoms in total. The van der Waals surface area contributed by atoms with Gasteiger partial charge in [-0.1, -0.05) is 35.5 Å². The van der Waals surface area contributed by atoms with E-state index in [1.54, 1.807) is 11.8 Å². The Labute approximate surface area is 114 Å². The number of aryl methyl sites for hydroxylation is 1. The van der Waals surface area contributed by atoms with E-state index < -0.39 is 0 Å². The van der Waals surface area contributed by atoms with Crippen molar-refractivity contribution in [3.63, 3.8) is 0 Å². The number of aromatic nitrogens is 2. The Bertz CT molecular complexity index is 513. The molecular formula is C11H12ClN3S2. The quantitative estimate of drug-likeness (QED) is 0.876. The van der Waals surface area contributed by atoms with Crippen LogP contribution in [-0.4, -0.2) is 9.36 Å². The molecule has 0 radical (unpaired) electrons. The molecule has 0 bridgehead atoms. The lowest BCUT2D eigenvalue weighted by Gasteiger charge is -2.04. The predicted octanol–water partition coefficient (Wildman–Crippen LogP) is 3.25. The molecule has 0 saturated carbocycles. The summed E-state index contributed by atoms with van der Waals surface area (Å²) in [5.41, 5.74) is 7.71. The number of rotatable bonds is 4. The van der Waals surface area contributed by atoms with Crippen molar-refractivity contribution in [3.8, 4) is 0 Å². The van der Waals surface area contributed by atoms with E-state index in [1.807, 2.05) is 25.1 Å². The molecule has 0 spiro atoms. The molecule has 0 saturated heterocycles. The Morgan fingerprint density at radius 1 is 1.47 bits per heavy atom. The van der Waals surface area contributed by atoms with Crippen molar-refractivity contribution in [3.05, 3.63) is 40.2 Å². The molecule has 2 aromatic rings. The van der Waals surface area contributed by atoms with Gasteiger partial charge in [0, 0.05) is 17.3 Å². The van der Waals surface area contributed by atoms with Crippen LogP contribution in [0.25, 0.3) is 0 Å². The van der Waals surface area contributed by atoms with Gasteiger partial charge in [-0.25, -0.2) is 4.98 Å². The number of nitrogens with two attached hydrogens (primary N) is 1. The fourth-order valence-electron chi connectivity index (χ4n) is 1.31. The third-order valence-corrected chi connectivity index (χ3v) is 4.54. The zero-order chi connectivity index (χ0) is 12.3. The minimum atomic E-state index is 0.517. The predicted molar refractivity (Wildman–Crippen MR) is 73.6 cm³/mol. The highest BCUT2D eigenvalue weighted by atomic mass is 35.5. The third kappa shape index (κ3) is 3.42. The van der Waals surface area contributed by atoms with E-state index in [0.717, 1.165) is 32.1 Å². The summed E-state index contributed by atoms with van der Waals surface area (Å²) in [5, 5.41) is 0.765. The highest BCUT2D eigenvalue weighted by Gasteiger charge is 2.05. The Hall–Kier alpha value is -0.620. The van der Waals surface area contributed by atoms with Crippen molar-refractivity contribution < 1.29 is 0 Å². The third-order valence-electron chi connectivity index (χ3n) is 2.21. The average Bonchev–Trinajstić information content (AvgIpc) is 2.73. The van der Waals surface area contributed by atoms with E-state index in [0.29, 0.717) is 6.54 Å². The maximum absolute atomic E-state index is 6.18. The van der Waals surface area contributed by atoms with Crippen LogP contribution >= 0.6 is 34.9 Å². The molecule has 0 aliphatic heterocycles. The van der Waals surface area contributed by atoms with Crippen molar-refractivity contribution in [2.45, 2.75) is 23.6 Å². The molecule has 0 aliphatic carbocycles. The summed E-state index contributed by atoms with van der Waals surface area (Å²) in [7, 11) is 0. The van der Waals surface area contributed by atoms with E-state index in [-0.39, 0.29) is 0 Å². The van der Waals surface area contributed by atoms with Gasteiger partial charge in [0.2, 0.25) is 0 Å². The van der Waals surface area contributed by atoms with Gasteiger partial charge < -0.3 is 5.73 Å². The highest BCUT2D eigenvalue weighted by molar-refractivity contribution is 8.00. The van der Waals surface area contributed by atoms with E-state index in [2.05, 4.69) is 9.36 Å². The molecule has 0 aliphatic rings. The Balaban J connectivity index is 2.04. The van der Waals surface area contributed by atoms with E-state index in [9.17, 15) is 0 Å². The van der Waals surface area contributed by atoms with Crippen molar-refractivity contribution in [2.24, 2.45) is 5.73 Å². The van der Waals surface area contributed by atoms with Crippen LogP contribution in [0.15, 0.2) is 22.5 Å². The molecule has 2 rings (SSSR count). The first-order valence-electron chi connectivity index (χ1n) is 5.09. The largest absolute Gasteiger partial charge is 0.326 e. The van der Waals surface area contributed by atoms with Crippen LogP contribution in [-0.2, 0) is 12.3 Å². The minimum absolute atomic E-state index is 0.517. The van der Waals surface area contributed by atoms with Gasteiger partial charge in [0.1, 0.15) is 5.82 Å². The molecule has 0 atom stereocenters. The molecule has 0 amide bonds. The van der Waals surface area contributed by atoms with Gasteiger partial charge in [0.25, 0.3) is 0 Å². The lowest BCUT2D eigenvalue weighted by molar-refractivity contribution is 1.07. The Kier molecular flexibility index (Phi) is 4.39. The second kappa shape index (κ2) is 5.82. The van der Waals surface area contributed by atoms with Crippen molar-refractivity contribution in [1.82, 2.24) is 9.36 Å². The first kappa shape index (κ1) is 12.8. The van der Waals surface area contributed by atoms with Crippen molar-refractivity contribution in [1.29, 1.82) is 0 Å². The van der Waals surface area contributed by atoms with Gasteiger partial charge in [0.15, 0.2) is 4.34 Å². The number of benzene rings is 1. The molecule has 1 aromatic heterocycles. The van der Waals surface area contributed by atoms with Gasteiger partial charge in [0.05, 0.1) is 0 Å². The van der Waals surface area contributed by atoms with Gasteiger partial charge in [-0.05, 0) is 35.6 Å². The zero-order valence-corrected chi connectivity index (χ0v) is 11.7. The van der Waals surface area contributed by atoms with Crippen LogP contribution in [0.3, 0.4) is 0 Å². The van der Waals surface area contributed by atoms with Crippen LogP contribution in [0.5, 0.6) is 0 Å². The Morgan fingerprint density at radius 2 is 2.29 bits per heavy atom. The molecule has 2 N–H and O–H groups in total. The molecule has 0 fully saturated rings. The monoisotopic (exact) mass is 285 g/mol. The molecule has 90 valence electrons. The second-order valence-corrected chi connectivity index (χ2v) is 5.91. The minimum Gasteiger partial charge on any atom is -0.326 e. The topological polar surface area (TPSA) is 51.8 Å². The van der Waals surface area contributed by atoms with Crippen molar-refractivity contribution in [2.75, 3.05) is 0 Å². The van der Waals surface area contributed by atoms with Gasteiger partial charge in [-0.15, -0.1) is 0 Å². The molecule has 1 heterocycles. The summed E-state index contributed by atoms with van der Waals surface area (Å²) in [5.74, 6) is 1.63. The lowest BCUT2D eigenvalue weighted by Crippen LogP contribution is -1.96. The fourth-order valence-corrected chi connectivity index (χ4v) is 3.31. The molecule has 0 unspecified atom stereocenters. The van der Waals surface area contributed by atoms with Crippen molar-refractivity contribution >= 4 is 34.9 Å². The standard InChI is InChI=1S/C11H12ClN3S2/c1-7-14-11(17-15-7)16-6-9-3-2-8(5-13)4-10(9)12/h2-4H,5-6,13H2,1H3. The summed E-state index contributed by atoms with van der Waals surface area (Å²) in [6, 6.07) is 5.95. The van der Waals surface area contributed by atoms with E-state index in [4.69, 9.17) is 17.3 Å². The number of hydrogen-bond acceptors (Lipinski definition) is 5. The molecule has 17 heavy (non-hydrogen) atoms. The first-order valence-corrected chi connectivity index (χ1v) is 7.23. The fraction of sp³-hybridized carbons (Fsp3) is 0.273. The summed E-state index contributed by atoms with van der Waals surface area (Å²) in [6.45, 7) is 2.41. The maximum atomic E-state index is 6.18. The van der Waals surface area contributed by atoms with Gasteiger partial charge in [-0.3, -0.25) is 0 Å². The van der Waals surface area contributed by atoms with Gasteiger partial charge >= 0.3 is 0 Å². The highest BCUT2D eigenvalue weighted by Crippen LogP contribution is 2.28. The van der Waals surface area contributed by atoms with Crippen LogP contribution < -0.4 is 5.73 Å². The molecule has 6 heteroatoms. The van der Waals surface area contributed by atoms with Crippen LogP contribution in [0, 0.1) is 6.92 Å². The maximum Gasteiger partial charge on any atom is 0.170 e. The zero-order valence-electron chi connectivity index (χ0n) is 9.31. The summed E-state index contributed by atoms with van der Waals surface area (Å²) in [4.78, 5) is 4.30. The van der Waals surface area contributed by atoms with Crippen LogP contribution in [0.4, 0.5) is 0 Å². The normalized spacial score (nSPS) is 10.8. The first-order chi connectivity index (χ1) is 8.19. The molecule has 1 aromatic carbocycles. The lowest BCUT2D eigenvalue weighted by atomic mass is 10.1. The summed E-state index contributed by atoms with van der Waals surface area (Å²) in [6.07, 6.45) is 0. The summed E-state index contributed by atoms with van der Waals surface area (Å²) >= 11 is 9.25. The van der Waals surface area contributed by atoms with Crippen LogP contribution in [0.2, 0.25) is 5.02 Å². The van der Waals surface area contributed by atoms with Gasteiger partial charge in [-0.2, -0.15) is 4.37 Å². The average molecular weight is 286 g/mol.